The van der Waals surface area contributed by atoms with Gasteiger partial charge in [-0.2, -0.15) is 49.5 Å². The number of anilines is 1. The highest BCUT2D eigenvalue weighted by Gasteiger charge is 2.45. The summed E-state index contributed by atoms with van der Waals surface area (Å²) in [6.07, 6.45) is -7.36. The average Bonchev–Trinajstić information content (AvgIpc) is 3.76. The molecule has 12 nitrogen and oxygen atoms in total. The van der Waals surface area contributed by atoms with E-state index in [-0.39, 0.29) is 29.1 Å². The number of phenols is 1. The number of carboxylic acid groups (broad SMARTS) is 2. The Morgan fingerprint density at radius 3 is 1.98 bits per heavy atom. The van der Waals surface area contributed by atoms with Crippen molar-refractivity contribution in [2.75, 3.05) is 37.7 Å². The number of aromatic nitrogens is 3. The molecule has 0 aliphatic carbocycles. The zero-order valence-electron chi connectivity index (χ0n) is 27.8. The van der Waals surface area contributed by atoms with Crippen molar-refractivity contribution in [1.82, 2.24) is 25.2 Å². The lowest BCUT2D eigenvalue weighted by atomic mass is 9.95. The number of halogens is 10. The fourth-order valence-electron chi connectivity index (χ4n) is 7.12. The van der Waals surface area contributed by atoms with Gasteiger partial charge in [0.2, 0.25) is 0 Å². The number of benzene rings is 1. The molecule has 54 heavy (non-hydrogen) atoms. The van der Waals surface area contributed by atoms with Gasteiger partial charge in [0.15, 0.2) is 5.82 Å². The van der Waals surface area contributed by atoms with E-state index in [1.54, 1.807) is 0 Å². The third kappa shape index (κ3) is 8.96. The molecule has 2 bridgehead atoms. The lowest BCUT2D eigenvalue weighted by Gasteiger charge is -2.34. The van der Waals surface area contributed by atoms with Crippen LogP contribution in [0.25, 0.3) is 22.2 Å². The number of carboxylic acids is 2. The Hall–Kier alpha value is -4.73. The van der Waals surface area contributed by atoms with Gasteiger partial charge in [-0.15, -0.1) is 0 Å². The second-order valence-corrected chi connectivity index (χ2v) is 13.1. The van der Waals surface area contributed by atoms with E-state index in [2.05, 4.69) is 25.1 Å². The molecule has 0 unspecified atom stereocenters. The van der Waals surface area contributed by atoms with Gasteiger partial charge in [0.25, 0.3) is 0 Å². The van der Waals surface area contributed by atoms with Crippen LogP contribution >= 0.6 is 0 Å². The predicted octanol–water partition coefficient (Wildman–Crippen LogP) is 5.77. The van der Waals surface area contributed by atoms with Crippen LogP contribution in [0.15, 0.2) is 24.4 Å². The lowest BCUT2D eigenvalue weighted by Crippen LogP contribution is -2.51. The molecule has 6 heterocycles. The van der Waals surface area contributed by atoms with Crippen molar-refractivity contribution in [2.24, 2.45) is 0 Å². The van der Waals surface area contributed by atoms with Crippen molar-refractivity contribution in [3.63, 3.8) is 0 Å². The summed E-state index contributed by atoms with van der Waals surface area (Å²) in [4.78, 5) is 35.6. The number of ether oxygens (including phenoxy) is 1. The summed E-state index contributed by atoms with van der Waals surface area (Å²) in [5, 5.41) is 28.1. The second-order valence-electron chi connectivity index (χ2n) is 13.1. The number of hydrogen-bond donors (Lipinski definition) is 4. The summed E-state index contributed by atoms with van der Waals surface area (Å²) in [7, 11) is 0. The Kier molecular flexibility index (Phi) is 11.4. The number of rotatable bonds is 5. The van der Waals surface area contributed by atoms with Crippen LogP contribution in [0.4, 0.5) is 49.7 Å². The van der Waals surface area contributed by atoms with Crippen LogP contribution < -0.4 is 15.0 Å². The monoisotopic (exact) mass is 786 g/mol. The van der Waals surface area contributed by atoms with Crippen LogP contribution in [0.2, 0.25) is 0 Å². The minimum absolute atomic E-state index is 0.00417. The van der Waals surface area contributed by atoms with Gasteiger partial charge < -0.3 is 30.3 Å². The van der Waals surface area contributed by atoms with E-state index in [0.29, 0.717) is 30.9 Å². The Labute approximate surface area is 298 Å². The minimum Gasteiger partial charge on any atom is -0.508 e. The molecule has 0 radical (unpaired) electrons. The zero-order valence-corrected chi connectivity index (χ0v) is 27.8. The molecule has 3 aromatic rings. The van der Waals surface area contributed by atoms with E-state index < -0.39 is 58.9 Å². The van der Waals surface area contributed by atoms with Crippen molar-refractivity contribution in [2.45, 2.75) is 74.7 Å². The van der Waals surface area contributed by atoms with Gasteiger partial charge in [-0.1, -0.05) is 0 Å². The van der Waals surface area contributed by atoms with Crippen molar-refractivity contribution >= 4 is 28.7 Å². The highest BCUT2D eigenvalue weighted by atomic mass is 19.4. The molecule has 4 aliphatic heterocycles. The molecule has 2 atom stereocenters. The van der Waals surface area contributed by atoms with Crippen molar-refractivity contribution in [3.8, 4) is 23.0 Å². The third-order valence-electron chi connectivity index (χ3n) is 9.49. The Morgan fingerprint density at radius 2 is 1.46 bits per heavy atom. The number of nitrogens with one attached hydrogen (secondary N) is 1. The molecule has 0 amide bonds. The number of fused-ring (bicyclic) bond motifs is 4. The van der Waals surface area contributed by atoms with Gasteiger partial charge in [0, 0.05) is 36.9 Å². The summed E-state index contributed by atoms with van der Waals surface area (Å²) >= 11 is 0. The molecule has 4 saturated heterocycles. The first-order valence-corrected chi connectivity index (χ1v) is 16.3. The standard InChI is InChI=1S/C28H30F4N6O2.2C2HF3O2/c29-22-23(19-11-18(39)5-6-21(19)28(30,31)32)33-12-20-24(22)35-26(40-15-27-7-1-9-38(27)10-2-8-27)36-25(20)37-13-16-3-4-17(14-37)34-16;2*3-2(4,5)1(6)7/h5-6,11-12,16-17,34,39H,1-4,7-10,13-15H2;2*(H,6,7)/t16-,17+;;. The van der Waals surface area contributed by atoms with Crippen molar-refractivity contribution in [1.29, 1.82) is 0 Å². The van der Waals surface area contributed by atoms with E-state index in [0.717, 1.165) is 69.8 Å². The largest absolute Gasteiger partial charge is 0.508 e. The van der Waals surface area contributed by atoms with Gasteiger partial charge in [-0.3, -0.25) is 9.88 Å². The zero-order chi connectivity index (χ0) is 39.8. The number of pyridine rings is 1. The van der Waals surface area contributed by atoms with E-state index in [9.17, 15) is 44.6 Å². The van der Waals surface area contributed by atoms with Crippen molar-refractivity contribution < 1.29 is 73.5 Å². The number of carbonyl (C=O) groups is 2. The van der Waals surface area contributed by atoms with E-state index >= 15 is 4.39 Å². The van der Waals surface area contributed by atoms with Crippen LogP contribution in [-0.2, 0) is 15.8 Å². The molecular weight excluding hydrogens is 754 g/mol. The summed E-state index contributed by atoms with van der Waals surface area (Å²) < 4.78 is 127. The molecule has 22 heteroatoms. The number of aliphatic carboxylic acids is 2. The van der Waals surface area contributed by atoms with Crippen molar-refractivity contribution in [3.05, 3.63) is 35.8 Å². The summed E-state index contributed by atoms with van der Waals surface area (Å²) in [6.45, 7) is 3.73. The number of alkyl halides is 9. The SMILES string of the molecule is O=C(O)C(F)(F)F.O=C(O)C(F)(F)F.Oc1ccc(C(F)(F)F)c(-c2ncc3c(N4C[C@H]5CC[C@@H](C4)N5)nc(OCC45CCCN4CCC5)nc3c2F)c1. The van der Waals surface area contributed by atoms with Gasteiger partial charge in [0.1, 0.15) is 29.4 Å². The molecule has 2 aromatic heterocycles. The third-order valence-corrected chi connectivity index (χ3v) is 9.49. The Morgan fingerprint density at radius 1 is 0.907 bits per heavy atom. The minimum atomic E-state index is -5.08. The maximum Gasteiger partial charge on any atom is 0.490 e. The molecule has 1 aromatic carbocycles. The molecule has 4 N–H and O–H groups in total. The molecule has 0 saturated carbocycles. The number of hydrogen-bond acceptors (Lipinski definition) is 10. The fourth-order valence-corrected chi connectivity index (χ4v) is 7.12. The molecular formula is C32H32F10N6O6. The smallest absolute Gasteiger partial charge is 0.490 e. The molecule has 4 fully saturated rings. The van der Waals surface area contributed by atoms with Gasteiger partial charge in [-0.25, -0.2) is 14.0 Å². The summed E-state index contributed by atoms with van der Waals surface area (Å²) in [5.74, 6) is -6.48. The van der Waals surface area contributed by atoms with Gasteiger partial charge >= 0.3 is 36.5 Å². The van der Waals surface area contributed by atoms with Crippen LogP contribution in [0.5, 0.6) is 11.8 Å². The fraction of sp³-hybridized carbons (Fsp3) is 0.531. The number of nitrogens with zero attached hydrogens (tertiary/aromatic N) is 5. The summed E-state index contributed by atoms with van der Waals surface area (Å²) in [6, 6.07) is 3.07. The number of piperazine rings is 1. The van der Waals surface area contributed by atoms with Gasteiger partial charge in [0.05, 0.1) is 16.5 Å². The molecule has 4 aliphatic rings. The molecule has 7 rings (SSSR count). The van der Waals surface area contributed by atoms with E-state index in [1.165, 1.54) is 6.20 Å². The second kappa shape index (κ2) is 15.2. The maximum absolute atomic E-state index is 16.2. The lowest BCUT2D eigenvalue weighted by molar-refractivity contribution is -0.193. The van der Waals surface area contributed by atoms with Crippen LogP contribution in [0, 0.1) is 5.82 Å². The Bertz CT molecular complexity index is 1830. The van der Waals surface area contributed by atoms with E-state index in [4.69, 9.17) is 29.5 Å². The van der Waals surface area contributed by atoms with Gasteiger partial charge in [-0.05, 0) is 69.8 Å². The normalized spacial score (nSPS) is 20.8. The number of phenolic OH excluding ortho intramolecular Hbond substituents is 1. The topological polar surface area (TPSA) is 161 Å². The first-order valence-electron chi connectivity index (χ1n) is 16.3. The maximum atomic E-state index is 16.2. The van der Waals surface area contributed by atoms with Crippen LogP contribution in [0.1, 0.15) is 44.1 Å². The number of aromatic hydroxyl groups is 1. The van der Waals surface area contributed by atoms with Crippen LogP contribution in [-0.4, -0.2) is 110 Å². The van der Waals surface area contributed by atoms with Crippen LogP contribution in [0.3, 0.4) is 0 Å². The highest BCUT2D eigenvalue weighted by molar-refractivity contribution is 5.92. The van der Waals surface area contributed by atoms with E-state index in [1.807, 2.05) is 0 Å². The Balaban J connectivity index is 0.000000342. The molecule has 296 valence electrons. The molecule has 0 spiro atoms. The highest BCUT2D eigenvalue weighted by Crippen LogP contribution is 2.42. The quantitative estimate of drug-likeness (QED) is 0.232. The predicted molar refractivity (Wildman–Crippen MR) is 167 cm³/mol. The first kappa shape index (κ1) is 40.5. The average molecular weight is 787 g/mol. The first-order chi connectivity index (χ1) is 25.1. The summed E-state index contributed by atoms with van der Waals surface area (Å²) in [5.41, 5.74) is -2.43.